The Balaban J connectivity index is 2.34. The number of aryl methyl sites for hydroxylation is 1. The Morgan fingerprint density at radius 2 is 1.94 bits per heavy atom. The molecule has 0 atom stereocenters. The lowest BCUT2D eigenvalue weighted by molar-refractivity contribution is -0.139. The van der Waals surface area contributed by atoms with Gasteiger partial charge in [0.15, 0.2) is 6.61 Å². The van der Waals surface area contributed by atoms with E-state index >= 15 is 0 Å². The lowest BCUT2D eigenvalue weighted by Gasteiger charge is -2.22. The van der Waals surface area contributed by atoms with Crippen LogP contribution in [-0.2, 0) is 17.6 Å². The molecule has 0 bridgehead atoms. The van der Waals surface area contributed by atoms with E-state index in [0.29, 0.717) is 0 Å². The summed E-state index contributed by atoms with van der Waals surface area (Å²) in [6.45, 7) is 3.84. The first-order valence-corrected chi connectivity index (χ1v) is 6.06. The molecular weight excluding hydrogens is 216 g/mol. The third-order valence-corrected chi connectivity index (χ3v) is 3.46. The van der Waals surface area contributed by atoms with Gasteiger partial charge in [-0.25, -0.2) is 4.79 Å². The number of carboxylic acid groups (broad SMARTS) is 1. The average molecular weight is 234 g/mol. The summed E-state index contributed by atoms with van der Waals surface area (Å²) in [6.07, 6.45) is 4.70. The SMILES string of the molecule is Cc1cc(OCC(=O)O)c(C)c2c1CCCC2. The largest absolute Gasteiger partial charge is 0.482 e. The Kier molecular flexibility index (Phi) is 3.36. The molecule has 0 saturated heterocycles. The maximum atomic E-state index is 10.5. The molecule has 1 aliphatic carbocycles. The molecule has 1 aromatic carbocycles. The quantitative estimate of drug-likeness (QED) is 0.874. The molecule has 17 heavy (non-hydrogen) atoms. The maximum absolute atomic E-state index is 10.5. The van der Waals surface area contributed by atoms with Gasteiger partial charge >= 0.3 is 5.97 Å². The molecule has 0 amide bonds. The highest BCUT2D eigenvalue weighted by molar-refractivity contribution is 5.68. The van der Waals surface area contributed by atoms with E-state index in [2.05, 4.69) is 6.92 Å². The first kappa shape index (κ1) is 12.0. The second-order valence-electron chi connectivity index (χ2n) is 4.66. The fraction of sp³-hybridized carbons (Fsp3) is 0.500. The summed E-state index contributed by atoms with van der Waals surface area (Å²) >= 11 is 0. The van der Waals surface area contributed by atoms with Gasteiger partial charge in [0.2, 0.25) is 0 Å². The van der Waals surface area contributed by atoms with E-state index in [1.54, 1.807) is 0 Å². The molecule has 2 rings (SSSR count). The van der Waals surface area contributed by atoms with E-state index in [0.717, 1.165) is 24.2 Å². The van der Waals surface area contributed by atoms with Crippen LogP contribution in [-0.4, -0.2) is 17.7 Å². The molecule has 0 radical (unpaired) electrons. The average Bonchev–Trinajstić information content (AvgIpc) is 2.32. The third kappa shape index (κ3) is 2.43. The van der Waals surface area contributed by atoms with Gasteiger partial charge in [0.1, 0.15) is 5.75 Å². The van der Waals surface area contributed by atoms with Crippen LogP contribution in [0.1, 0.15) is 35.1 Å². The van der Waals surface area contributed by atoms with Crippen molar-refractivity contribution < 1.29 is 14.6 Å². The monoisotopic (exact) mass is 234 g/mol. The number of carbonyl (C=O) groups is 1. The van der Waals surface area contributed by atoms with Crippen molar-refractivity contribution in [3.05, 3.63) is 28.3 Å². The molecule has 1 aliphatic rings. The van der Waals surface area contributed by atoms with E-state index in [9.17, 15) is 4.79 Å². The molecule has 0 heterocycles. The highest BCUT2D eigenvalue weighted by atomic mass is 16.5. The molecule has 92 valence electrons. The molecule has 0 aliphatic heterocycles. The Morgan fingerprint density at radius 3 is 2.59 bits per heavy atom. The molecule has 0 aromatic heterocycles. The van der Waals surface area contributed by atoms with Crippen molar-refractivity contribution in [1.82, 2.24) is 0 Å². The fourth-order valence-corrected chi connectivity index (χ4v) is 2.58. The number of carboxylic acids is 1. The van der Waals surface area contributed by atoms with Crippen LogP contribution in [0.15, 0.2) is 6.07 Å². The summed E-state index contributed by atoms with van der Waals surface area (Å²) < 4.78 is 5.35. The highest BCUT2D eigenvalue weighted by Gasteiger charge is 2.17. The van der Waals surface area contributed by atoms with Gasteiger partial charge in [0.05, 0.1) is 0 Å². The van der Waals surface area contributed by atoms with Crippen LogP contribution in [0, 0.1) is 13.8 Å². The smallest absolute Gasteiger partial charge is 0.341 e. The minimum Gasteiger partial charge on any atom is -0.482 e. The van der Waals surface area contributed by atoms with Crippen LogP contribution in [0.25, 0.3) is 0 Å². The molecule has 1 aromatic rings. The zero-order valence-electron chi connectivity index (χ0n) is 10.4. The summed E-state index contributed by atoms with van der Waals surface area (Å²) in [5.74, 6) is -0.203. The number of ether oxygens (including phenoxy) is 1. The van der Waals surface area contributed by atoms with Gasteiger partial charge in [-0.15, -0.1) is 0 Å². The molecule has 0 saturated carbocycles. The molecule has 0 spiro atoms. The first-order chi connectivity index (χ1) is 8.09. The number of fused-ring (bicyclic) bond motifs is 1. The summed E-state index contributed by atoms with van der Waals surface area (Å²) in [6, 6.07) is 1.97. The summed E-state index contributed by atoms with van der Waals surface area (Å²) in [4.78, 5) is 10.5. The lowest BCUT2D eigenvalue weighted by atomic mass is 9.85. The van der Waals surface area contributed by atoms with Gasteiger partial charge in [-0.3, -0.25) is 0 Å². The second-order valence-corrected chi connectivity index (χ2v) is 4.66. The Labute approximate surface area is 101 Å². The molecule has 3 heteroatoms. The number of aliphatic carboxylic acids is 1. The van der Waals surface area contributed by atoms with E-state index < -0.39 is 5.97 Å². The van der Waals surface area contributed by atoms with E-state index in [1.807, 2.05) is 13.0 Å². The molecule has 3 nitrogen and oxygen atoms in total. The molecular formula is C14H18O3. The van der Waals surface area contributed by atoms with Crippen LogP contribution in [0.4, 0.5) is 0 Å². The van der Waals surface area contributed by atoms with Crippen LogP contribution in [0.3, 0.4) is 0 Å². The highest BCUT2D eigenvalue weighted by Crippen LogP contribution is 2.33. The van der Waals surface area contributed by atoms with Crippen molar-refractivity contribution in [3.8, 4) is 5.75 Å². The van der Waals surface area contributed by atoms with E-state index in [-0.39, 0.29) is 6.61 Å². The van der Waals surface area contributed by atoms with Gasteiger partial charge in [-0.1, -0.05) is 0 Å². The van der Waals surface area contributed by atoms with Crippen LogP contribution in [0.5, 0.6) is 5.75 Å². The zero-order valence-corrected chi connectivity index (χ0v) is 10.4. The minimum atomic E-state index is -0.931. The topological polar surface area (TPSA) is 46.5 Å². The molecule has 0 unspecified atom stereocenters. The molecule has 1 N–H and O–H groups in total. The summed E-state index contributed by atoms with van der Waals surface area (Å²) in [5, 5.41) is 8.65. The standard InChI is InChI=1S/C14H18O3/c1-9-7-13(17-8-14(15)16)10(2)12-6-4-3-5-11(9)12/h7H,3-6,8H2,1-2H3,(H,15,16). The zero-order chi connectivity index (χ0) is 12.4. The fourth-order valence-electron chi connectivity index (χ4n) is 2.58. The van der Waals surface area contributed by atoms with Gasteiger partial charge in [0.25, 0.3) is 0 Å². The predicted molar refractivity (Wildman–Crippen MR) is 65.7 cm³/mol. The van der Waals surface area contributed by atoms with Gasteiger partial charge < -0.3 is 9.84 Å². The number of hydrogen-bond donors (Lipinski definition) is 1. The van der Waals surface area contributed by atoms with Crippen molar-refractivity contribution in [2.45, 2.75) is 39.5 Å². The van der Waals surface area contributed by atoms with Crippen molar-refractivity contribution in [2.75, 3.05) is 6.61 Å². The Bertz CT molecular complexity index is 449. The van der Waals surface area contributed by atoms with Crippen molar-refractivity contribution in [3.63, 3.8) is 0 Å². The predicted octanol–water partition coefficient (Wildman–Crippen LogP) is 2.65. The lowest BCUT2D eigenvalue weighted by Crippen LogP contribution is -2.13. The molecule has 0 fully saturated rings. The van der Waals surface area contributed by atoms with Crippen LogP contribution >= 0.6 is 0 Å². The van der Waals surface area contributed by atoms with Crippen LogP contribution < -0.4 is 4.74 Å². The minimum absolute atomic E-state index is 0.265. The maximum Gasteiger partial charge on any atom is 0.341 e. The third-order valence-electron chi connectivity index (χ3n) is 3.46. The first-order valence-electron chi connectivity index (χ1n) is 6.06. The normalized spacial score (nSPS) is 14.2. The van der Waals surface area contributed by atoms with Crippen molar-refractivity contribution in [1.29, 1.82) is 0 Å². The number of hydrogen-bond acceptors (Lipinski definition) is 2. The number of rotatable bonds is 3. The summed E-state index contributed by atoms with van der Waals surface area (Å²) in [5.41, 5.74) is 5.16. The second kappa shape index (κ2) is 4.78. The van der Waals surface area contributed by atoms with Crippen molar-refractivity contribution >= 4 is 5.97 Å². The van der Waals surface area contributed by atoms with E-state index in [1.165, 1.54) is 29.5 Å². The van der Waals surface area contributed by atoms with E-state index in [4.69, 9.17) is 9.84 Å². The number of benzene rings is 1. The Hall–Kier alpha value is -1.51. The Morgan fingerprint density at radius 1 is 1.29 bits per heavy atom. The summed E-state index contributed by atoms with van der Waals surface area (Å²) in [7, 11) is 0. The van der Waals surface area contributed by atoms with Crippen LogP contribution in [0.2, 0.25) is 0 Å². The van der Waals surface area contributed by atoms with Gasteiger partial charge in [-0.05, 0) is 67.9 Å². The van der Waals surface area contributed by atoms with Gasteiger partial charge in [0, 0.05) is 0 Å². The van der Waals surface area contributed by atoms with Crippen molar-refractivity contribution in [2.24, 2.45) is 0 Å². The van der Waals surface area contributed by atoms with Gasteiger partial charge in [-0.2, -0.15) is 0 Å².